The van der Waals surface area contributed by atoms with Crippen molar-refractivity contribution in [3.05, 3.63) is 113 Å². The molecule has 3 aromatic heterocycles. The number of hydrogen-bond donors (Lipinski definition) is 3. The van der Waals surface area contributed by atoms with Crippen molar-refractivity contribution in [3.63, 3.8) is 0 Å². The summed E-state index contributed by atoms with van der Waals surface area (Å²) >= 11 is 0. The van der Waals surface area contributed by atoms with Gasteiger partial charge in [-0.15, -0.1) is 0 Å². The molecule has 5 heterocycles. The maximum absolute atomic E-state index is 14.6. The summed E-state index contributed by atoms with van der Waals surface area (Å²) in [5, 5.41) is 9.66. The molecular formula is C44H50F2N8O4. The zero-order valence-electron chi connectivity index (χ0n) is 32.9. The molecule has 2 saturated heterocycles. The first-order chi connectivity index (χ1) is 28.1. The Bertz CT molecular complexity index is 2240. The van der Waals surface area contributed by atoms with E-state index in [1.165, 1.54) is 40.1 Å². The summed E-state index contributed by atoms with van der Waals surface area (Å²) in [6.07, 6.45) is 6.27. The number of pyridine rings is 2. The summed E-state index contributed by atoms with van der Waals surface area (Å²) in [5.74, 6) is -1.41. The van der Waals surface area contributed by atoms with Gasteiger partial charge in [0.05, 0.1) is 19.4 Å². The van der Waals surface area contributed by atoms with Gasteiger partial charge in [0.25, 0.3) is 11.8 Å². The summed E-state index contributed by atoms with van der Waals surface area (Å²) in [7, 11) is 0. The minimum atomic E-state index is -0.648. The molecule has 5 aromatic rings. The molecule has 0 unspecified atom stereocenters. The number of morpholine rings is 1. The van der Waals surface area contributed by atoms with E-state index in [0.717, 1.165) is 62.7 Å². The summed E-state index contributed by atoms with van der Waals surface area (Å²) in [6.45, 7) is 11.3. The highest BCUT2D eigenvalue weighted by Crippen LogP contribution is 2.32. The van der Waals surface area contributed by atoms with Crippen LogP contribution in [0, 0.1) is 11.6 Å². The molecule has 3 fully saturated rings. The van der Waals surface area contributed by atoms with E-state index in [2.05, 4.69) is 67.8 Å². The molecule has 58 heavy (non-hydrogen) atoms. The second kappa shape index (κ2) is 17.7. The lowest BCUT2D eigenvalue weighted by molar-refractivity contribution is 0.0342. The first-order valence-electron chi connectivity index (χ1n) is 20.2. The molecule has 1 saturated carbocycles. The number of fused-ring (bicyclic) bond motifs is 1. The Morgan fingerprint density at radius 1 is 0.845 bits per heavy atom. The Labute approximate surface area is 336 Å². The van der Waals surface area contributed by atoms with Gasteiger partial charge < -0.3 is 29.8 Å². The SMILES string of the molecule is C[C@@H]1CN(Cc2ccc(-c3cccc(Oc4ncc(F)cc4C(=O)NC4CCC(NC(=O)c5cn6cc(F)ccc6n5)CC4)c3)c(CN3CCOCC3)c2)C[C@H](C)N1. The number of hydrogen-bond acceptors (Lipinski definition) is 9. The van der Waals surface area contributed by atoms with Crippen LogP contribution in [0.1, 0.15) is 71.5 Å². The van der Waals surface area contributed by atoms with Gasteiger partial charge >= 0.3 is 0 Å². The molecule has 0 spiro atoms. The van der Waals surface area contributed by atoms with Crippen LogP contribution < -0.4 is 20.7 Å². The molecule has 2 aromatic carbocycles. The van der Waals surface area contributed by atoms with Gasteiger partial charge in [0.1, 0.15) is 34.3 Å². The van der Waals surface area contributed by atoms with Crippen molar-refractivity contribution < 1.29 is 27.8 Å². The number of piperazine rings is 1. The molecule has 8 rings (SSSR count). The molecule has 14 heteroatoms. The van der Waals surface area contributed by atoms with Gasteiger partial charge in [0.2, 0.25) is 5.88 Å². The second-order valence-corrected chi connectivity index (χ2v) is 15.9. The number of benzene rings is 2. The van der Waals surface area contributed by atoms with E-state index in [9.17, 15) is 18.4 Å². The molecule has 0 radical (unpaired) electrons. The first kappa shape index (κ1) is 39.5. The van der Waals surface area contributed by atoms with E-state index < -0.39 is 17.5 Å². The summed E-state index contributed by atoms with van der Waals surface area (Å²) < 4.78 is 41.5. The average molecular weight is 793 g/mol. The van der Waals surface area contributed by atoms with Gasteiger partial charge in [-0.1, -0.05) is 30.3 Å². The Morgan fingerprint density at radius 2 is 1.59 bits per heavy atom. The lowest BCUT2D eigenvalue weighted by Crippen LogP contribution is -2.53. The molecular weight excluding hydrogens is 743 g/mol. The van der Waals surface area contributed by atoms with Crippen molar-refractivity contribution in [2.24, 2.45) is 0 Å². The third-order valence-corrected chi connectivity index (χ3v) is 11.2. The van der Waals surface area contributed by atoms with Crippen LogP contribution in [0.25, 0.3) is 16.8 Å². The molecule has 3 N–H and O–H groups in total. The largest absolute Gasteiger partial charge is 0.438 e. The number of nitrogens with one attached hydrogen (secondary N) is 3. The van der Waals surface area contributed by atoms with Crippen LogP contribution in [0.3, 0.4) is 0 Å². The standard InChI is InChI=1S/C44H50F2N8O4/c1-28-22-53(23-29(2)48-28)24-30-6-12-38(32(18-30)25-52-14-16-57-17-15-52)31-4-3-5-37(19-31)58-44-39(20-34(46)21-47-44)42(55)49-35-8-10-36(11-9-35)50-43(56)40-27-54-26-33(45)7-13-41(54)51-40/h3-7,12-13,18-21,26-29,35-36,48H,8-11,14-17,22-25H2,1-2H3,(H,49,55)(H,50,56)/t28-,29+,35?,36?. The van der Waals surface area contributed by atoms with Crippen molar-refractivity contribution in [2.75, 3.05) is 39.4 Å². The fourth-order valence-electron chi connectivity index (χ4n) is 8.47. The average Bonchev–Trinajstić information content (AvgIpc) is 3.63. The monoisotopic (exact) mass is 792 g/mol. The maximum atomic E-state index is 14.6. The number of amides is 2. The highest BCUT2D eigenvalue weighted by molar-refractivity contribution is 5.96. The van der Waals surface area contributed by atoms with Gasteiger partial charge in [-0.25, -0.2) is 18.7 Å². The molecule has 2 aliphatic heterocycles. The highest BCUT2D eigenvalue weighted by atomic mass is 19.1. The van der Waals surface area contributed by atoms with Crippen LogP contribution in [0.15, 0.2) is 79.3 Å². The van der Waals surface area contributed by atoms with Crippen LogP contribution in [-0.2, 0) is 17.8 Å². The van der Waals surface area contributed by atoms with Crippen LogP contribution in [0.5, 0.6) is 11.6 Å². The number of rotatable bonds is 11. The van der Waals surface area contributed by atoms with Crippen LogP contribution in [0.4, 0.5) is 8.78 Å². The minimum Gasteiger partial charge on any atom is -0.438 e. The number of aromatic nitrogens is 3. The summed E-state index contributed by atoms with van der Waals surface area (Å²) in [4.78, 5) is 40.0. The number of carbonyl (C=O) groups excluding carboxylic acids is 2. The summed E-state index contributed by atoms with van der Waals surface area (Å²) in [6, 6.07) is 19.0. The smallest absolute Gasteiger partial charge is 0.271 e. The third-order valence-electron chi connectivity index (χ3n) is 11.2. The molecule has 304 valence electrons. The molecule has 2 amide bonds. The van der Waals surface area contributed by atoms with E-state index in [1.807, 2.05) is 18.2 Å². The number of carbonyl (C=O) groups is 2. The van der Waals surface area contributed by atoms with E-state index in [-0.39, 0.29) is 35.1 Å². The fourth-order valence-corrected chi connectivity index (χ4v) is 8.47. The fraction of sp³-hybridized carbons (Fsp3) is 0.409. The minimum absolute atomic E-state index is 0.00183. The molecule has 2 atom stereocenters. The van der Waals surface area contributed by atoms with E-state index >= 15 is 0 Å². The number of ether oxygens (including phenoxy) is 2. The normalized spacial score (nSPS) is 21.8. The molecule has 0 bridgehead atoms. The van der Waals surface area contributed by atoms with Crippen LogP contribution in [0.2, 0.25) is 0 Å². The lowest BCUT2D eigenvalue weighted by Gasteiger charge is -2.36. The van der Waals surface area contributed by atoms with Gasteiger partial charge in [-0.3, -0.25) is 19.4 Å². The quantitative estimate of drug-likeness (QED) is 0.149. The van der Waals surface area contributed by atoms with E-state index in [1.54, 1.807) is 6.07 Å². The topological polar surface area (TPSA) is 125 Å². The lowest BCUT2D eigenvalue weighted by atomic mass is 9.91. The number of halogens is 2. The Morgan fingerprint density at radius 3 is 2.34 bits per heavy atom. The maximum Gasteiger partial charge on any atom is 0.271 e. The predicted molar refractivity (Wildman–Crippen MR) is 216 cm³/mol. The molecule has 3 aliphatic rings. The number of imidazole rings is 1. The highest BCUT2D eigenvalue weighted by Gasteiger charge is 2.27. The van der Waals surface area contributed by atoms with Gasteiger partial charge in [0, 0.05) is 75.8 Å². The van der Waals surface area contributed by atoms with E-state index in [4.69, 9.17) is 9.47 Å². The van der Waals surface area contributed by atoms with E-state index in [0.29, 0.717) is 62.4 Å². The zero-order chi connectivity index (χ0) is 40.2. The Hall–Kier alpha value is -5.28. The molecule has 12 nitrogen and oxygen atoms in total. The van der Waals surface area contributed by atoms with Crippen LogP contribution in [-0.4, -0.2) is 99.5 Å². The van der Waals surface area contributed by atoms with Crippen molar-refractivity contribution in [1.29, 1.82) is 0 Å². The van der Waals surface area contributed by atoms with Crippen molar-refractivity contribution >= 4 is 17.5 Å². The third kappa shape index (κ3) is 9.70. The first-order valence-corrected chi connectivity index (χ1v) is 20.2. The van der Waals surface area contributed by atoms with Gasteiger partial charge in [-0.2, -0.15) is 0 Å². The molecule has 1 aliphatic carbocycles. The second-order valence-electron chi connectivity index (χ2n) is 15.9. The Balaban J connectivity index is 0.931. The zero-order valence-corrected chi connectivity index (χ0v) is 32.9. The summed E-state index contributed by atoms with van der Waals surface area (Å²) in [5.41, 5.74) is 5.22. The predicted octanol–water partition coefficient (Wildman–Crippen LogP) is 5.95. The number of nitrogens with zero attached hydrogens (tertiary/aromatic N) is 5. The van der Waals surface area contributed by atoms with Crippen molar-refractivity contribution in [2.45, 2.75) is 76.8 Å². The Kier molecular flexibility index (Phi) is 12.1. The van der Waals surface area contributed by atoms with Crippen molar-refractivity contribution in [1.82, 2.24) is 40.1 Å². The van der Waals surface area contributed by atoms with Gasteiger partial charge in [-0.05, 0) is 92.1 Å². The van der Waals surface area contributed by atoms with Gasteiger partial charge in [0.15, 0.2) is 0 Å². The van der Waals surface area contributed by atoms with Crippen molar-refractivity contribution in [3.8, 4) is 22.8 Å². The van der Waals surface area contributed by atoms with Crippen LogP contribution >= 0.6 is 0 Å².